The van der Waals surface area contributed by atoms with Crippen LogP contribution in [-0.4, -0.2) is 25.7 Å². The average molecular weight is 514 g/mol. The highest BCUT2D eigenvalue weighted by atomic mass is 79.9. The van der Waals surface area contributed by atoms with E-state index in [9.17, 15) is 9.59 Å². The number of hydrogen-bond acceptors (Lipinski definition) is 5. The SMILES string of the molecule is CCCCCCOc1ccc(C(=O)Oc2ccc(Br)cc2C(=O)OC)cc1Br. The molecule has 0 saturated carbocycles. The summed E-state index contributed by atoms with van der Waals surface area (Å²) in [6.45, 7) is 2.79. The van der Waals surface area contributed by atoms with E-state index in [0.717, 1.165) is 12.8 Å². The van der Waals surface area contributed by atoms with Gasteiger partial charge in [0.2, 0.25) is 0 Å². The third-order valence-electron chi connectivity index (χ3n) is 3.97. The van der Waals surface area contributed by atoms with E-state index in [-0.39, 0.29) is 11.3 Å². The first kappa shape index (κ1) is 22.4. The summed E-state index contributed by atoms with van der Waals surface area (Å²) in [7, 11) is 1.27. The van der Waals surface area contributed by atoms with Crippen LogP contribution in [0.5, 0.6) is 11.5 Å². The lowest BCUT2D eigenvalue weighted by Gasteiger charge is -2.11. The van der Waals surface area contributed by atoms with E-state index in [0.29, 0.717) is 26.9 Å². The second kappa shape index (κ2) is 11.2. The fourth-order valence-corrected chi connectivity index (χ4v) is 3.33. The number of hydrogen-bond donors (Lipinski definition) is 0. The van der Waals surface area contributed by atoms with E-state index in [1.165, 1.54) is 26.0 Å². The van der Waals surface area contributed by atoms with E-state index < -0.39 is 11.9 Å². The summed E-state index contributed by atoms with van der Waals surface area (Å²) in [4.78, 5) is 24.4. The zero-order valence-electron chi connectivity index (χ0n) is 15.8. The van der Waals surface area contributed by atoms with E-state index in [1.807, 2.05) is 0 Å². The molecule has 0 N–H and O–H groups in total. The fourth-order valence-electron chi connectivity index (χ4n) is 2.48. The first-order chi connectivity index (χ1) is 13.5. The Labute approximate surface area is 181 Å². The van der Waals surface area contributed by atoms with Crippen molar-refractivity contribution in [1.82, 2.24) is 0 Å². The summed E-state index contributed by atoms with van der Waals surface area (Å²) >= 11 is 6.72. The maximum Gasteiger partial charge on any atom is 0.343 e. The van der Waals surface area contributed by atoms with Crippen LogP contribution in [0.15, 0.2) is 45.3 Å². The number of ether oxygens (including phenoxy) is 3. The van der Waals surface area contributed by atoms with E-state index in [2.05, 4.69) is 38.8 Å². The molecule has 0 aliphatic carbocycles. The maximum atomic E-state index is 12.5. The van der Waals surface area contributed by atoms with Crippen molar-refractivity contribution in [2.24, 2.45) is 0 Å². The number of carbonyl (C=O) groups is 2. The van der Waals surface area contributed by atoms with Crippen molar-refractivity contribution in [3.05, 3.63) is 56.5 Å². The van der Waals surface area contributed by atoms with Crippen LogP contribution in [0.4, 0.5) is 0 Å². The Balaban J connectivity index is 2.07. The number of rotatable bonds is 9. The molecule has 0 heterocycles. The van der Waals surface area contributed by atoms with Crippen molar-refractivity contribution in [2.45, 2.75) is 32.6 Å². The summed E-state index contributed by atoms with van der Waals surface area (Å²) in [5.41, 5.74) is 0.500. The monoisotopic (exact) mass is 512 g/mol. The van der Waals surface area contributed by atoms with E-state index in [1.54, 1.807) is 30.3 Å². The first-order valence-electron chi connectivity index (χ1n) is 8.98. The van der Waals surface area contributed by atoms with Crippen LogP contribution in [0.25, 0.3) is 0 Å². The Morgan fingerprint density at radius 2 is 1.68 bits per heavy atom. The predicted octanol–water partition coefficient (Wildman–Crippen LogP) is 6.18. The molecule has 0 atom stereocenters. The van der Waals surface area contributed by atoms with E-state index >= 15 is 0 Å². The van der Waals surface area contributed by atoms with Crippen LogP contribution in [0.3, 0.4) is 0 Å². The van der Waals surface area contributed by atoms with Gasteiger partial charge in [-0.15, -0.1) is 0 Å². The number of unbranched alkanes of at least 4 members (excludes halogenated alkanes) is 3. The van der Waals surface area contributed by atoms with Gasteiger partial charge in [0, 0.05) is 4.47 Å². The van der Waals surface area contributed by atoms with Crippen LogP contribution in [0.2, 0.25) is 0 Å². The number of halogens is 2. The standard InChI is InChI=1S/C21H22Br2O5/c1-3-4-5-6-11-27-19-9-7-14(12-17(19)23)20(24)28-18-10-8-15(22)13-16(18)21(25)26-2/h7-10,12-13H,3-6,11H2,1-2H3. The van der Waals surface area contributed by atoms with Crippen molar-refractivity contribution < 1.29 is 23.8 Å². The molecule has 28 heavy (non-hydrogen) atoms. The molecule has 0 aliphatic rings. The molecule has 0 fully saturated rings. The molecular formula is C21H22Br2O5. The van der Waals surface area contributed by atoms with Crippen molar-refractivity contribution in [3.63, 3.8) is 0 Å². The molecular weight excluding hydrogens is 492 g/mol. The normalized spacial score (nSPS) is 10.4. The minimum Gasteiger partial charge on any atom is -0.492 e. The Morgan fingerprint density at radius 3 is 2.36 bits per heavy atom. The molecule has 0 saturated heterocycles. The van der Waals surface area contributed by atoms with Crippen molar-refractivity contribution in [3.8, 4) is 11.5 Å². The highest BCUT2D eigenvalue weighted by molar-refractivity contribution is 9.10. The van der Waals surface area contributed by atoms with Crippen LogP contribution < -0.4 is 9.47 Å². The van der Waals surface area contributed by atoms with Crippen LogP contribution in [0, 0.1) is 0 Å². The van der Waals surface area contributed by atoms with Crippen molar-refractivity contribution in [2.75, 3.05) is 13.7 Å². The van der Waals surface area contributed by atoms with Gasteiger partial charge in [0.05, 0.1) is 23.8 Å². The van der Waals surface area contributed by atoms with Crippen molar-refractivity contribution >= 4 is 43.8 Å². The highest BCUT2D eigenvalue weighted by Crippen LogP contribution is 2.28. The quantitative estimate of drug-likeness (QED) is 0.228. The third kappa shape index (κ3) is 6.34. The molecule has 0 spiro atoms. The summed E-state index contributed by atoms with van der Waals surface area (Å²) < 4.78 is 17.2. The average Bonchev–Trinajstić information content (AvgIpc) is 2.69. The van der Waals surface area contributed by atoms with E-state index in [4.69, 9.17) is 14.2 Å². The van der Waals surface area contributed by atoms with Gasteiger partial charge in [0.1, 0.15) is 17.1 Å². The maximum absolute atomic E-state index is 12.5. The van der Waals surface area contributed by atoms with Gasteiger partial charge in [-0.3, -0.25) is 0 Å². The van der Waals surface area contributed by atoms with Gasteiger partial charge in [-0.1, -0.05) is 42.1 Å². The van der Waals surface area contributed by atoms with Gasteiger partial charge in [0.15, 0.2) is 0 Å². The second-order valence-electron chi connectivity index (χ2n) is 6.08. The molecule has 0 radical (unpaired) electrons. The Bertz CT molecular complexity index is 836. The number of carbonyl (C=O) groups excluding carboxylic acids is 2. The number of benzene rings is 2. The number of methoxy groups -OCH3 is 1. The molecule has 0 amide bonds. The summed E-state index contributed by atoms with van der Waals surface area (Å²) in [5, 5.41) is 0. The molecule has 2 aromatic carbocycles. The lowest BCUT2D eigenvalue weighted by atomic mass is 10.2. The van der Waals surface area contributed by atoms with Gasteiger partial charge in [-0.25, -0.2) is 9.59 Å². The molecule has 2 aromatic rings. The van der Waals surface area contributed by atoms with Crippen molar-refractivity contribution in [1.29, 1.82) is 0 Å². The Morgan fingerprint density at radius 1 is 0.929 bits per heavy atom. The Hall–Kier alpha value is -1.86. The van der Waals surface area contributed by atoms with Crippen LogP contribution in [-0.2, 0) is 4.74 Å². The highest BCUT2D eigenvalue weighted by Gasteiger charge is 2.18. The summed E-state index contributed by atoms with van der Waals surface area (Å²) in [6, 6.07) is 9.76. The Kier molecular flexibility index (Phi) is 8.99. The summed E-state index contributed by atoms with van der Waals surface area (Å²) in [6.07, 6.45) is 4.49. The number of esters is 2. The van der Waals surface area contributed by atoms with Gasteiger partial charge in [-0.05, 0) is 58.7 Å². The summed E-state index contributed by atoms with van der Waals surface area (Å²) in [5.74, 6) is -0.362. The minimum atomic E-state index is -0.586. The fraction of sp³-hybridized carbons (Fsp3) is 0.333. The van der Waals surface area contributed by atoms with Gasteiger partial charge >= 0.3 is 11.9 Å². The lowest BCUT2D eigenvalue weighted by molar-refractivity contribution is 0.0593. The zero-order chi connectivity index (χ0) is 20.5. The predicted molar refractivity (Wildman–Crippen MR) is 114 cm³/mol. The third-order valence-corrected chi connectivity index (χ3v) is 5.09. The molecule has 0 aliphatic heterocycles. The second-order valence-corrected chi connectivity index (χ2v) is 7.85. The van der Waals surface area contributed by atoms with Crippen LogP contribution >= 0.6 is 31.9 Å². The smallest absolute Gasteiger partial charge is 0.343 e. The molecule has 0 bridgehead atoms. The van der Waals surface area contributed by atoms with Gasteiger partial charge in [0.25, 0.3) is 0 Å². The van der Waals surface area contributed by atoms with Crippen LogP contribution in [0.1, 0.15) is 53.3 Å². The molecule has 2 rings (SSSR count). The van der Waals surface area contributed by atoms with Gasteiger partial charge < -0.3 is 14.2 Å². The molecule has 0 aromatic heterocycles. The minimum absolute atomic E-state index is 0.132. The molecule has 5 nitrogen and oxygen atoms in total. The first-order valence-corrected chi connectivity index (χ1v) is 10.6. The lowest BCUT2D eigenvalue weighted by Crippen LogP contribution is -2.12. The van der Waals surface area contributed by atoms with Gasteiger partial charge in [-0.2, -0.15) is 0 Å². The topological polar surface area (TPSA) is 61.8 Å². The largest absolute Gasteiger partial charge is 0.492 e. The molecule has 7 heteroatoms. The zero-order valence-corrected chi connectivity index (χ0v) is 19.0. The molecule has 0 unspecified atom stereocenters. The molecule has 150 valence electrons.